The molecule has 1 aromatic rings. The maximum atomic E-state index is 11.9. The molecule has 6 nitrogen and oxygen atoms in total. The van der Waals surface area contributed by atoms with Crippen LogP contribution in [0, 0.1) is 0 Å². The van der Waals surface area contributed by atoms with Gasteiger partial charge in [0.25, 0.3) is 5.91 Å². The fourth-order valence-corrected chi connectivity index (χ4v) is 2.05. The average molecular weight is 310 g/mol. The third-order valence-electron chi connectivity index (χ3n) is 2.45. The summed E-state index contributed by atoms with van der Waals surface area (Å²) in [5.41, 5.74) is 0.397. The van der Waals surface area contributed by atoms with Crippen molar-refractivity contribution in [2.24, 2.45) is 0 Å². The van der Waals surface area contributed by atoms with Crippen molar-refractivity contribution >= 4 is 29.7 Å². The molecule has 0 aromatic heterocycles. The maximum absolute atomic E-state index is 11.9. The van der Waals surface area contributed by atoms with Crippen LogP contribution < -0.4 is 10.6 Å². The van der Waals surface area contributed by atoms with Gasteiger partial charge in [-0.15, -0.1) is 11.8 Å². The van der Waals surface area contributed by atoms with Crippen molar-refractivity contribution in [2.75, 3.05) is 19.4 Å². The first-order valence-corrected chi connectivity index (χ1v) is 7.68. The van der Waals surface area contributed by atoms with E-state index >= 15 is 0 Å². The molecule has 0 aliphatic heterocycles. The molecule has 0 unspecified atom stereocenters. The average Bonchev–Trinajstić information content (AvgIpc) is 2.50. The third kappa shape index (κ3) is 5.86. The summed E-state index contributed by atoms with van der Waals surface area (Å²) < 4.78 is 4.89. The molecule has 0 spiro atoms. The van der Waals surface area contributed by atoms with E-state index in [1.54, 1.807) is 18.2 Å². The summed E-state index contributed by atoms with van der Waals surface area (Å²) in [7, 11) is 0. The van der Waals surface area contributed by atoms with Crippen molar-refractivity contribution < 1.29 is 19.1 Å². The Balaban J connectivity index is 2.45. The summed E-state index contributed by atoms with van der Waals surface area (Å²) >= 11 is 1.41. The largest absolute Gasteiger partial charge is 0.452 e. The van der Waals surface area contributed by atoms with Crippen LogP contribution in [0.1, 0.15) is 23.7 Å². The van der Waals surface area contributed by atoms with E-state index in [9.17, 15) is 14.4 Å². The topological polar surface area (TPSA) is 84.5 Å². The smallest absolute Gasteiger partial charge is 0.339 e. The van der Waals surface area contributed by atoms with Crippen LogP contribution >= 0.6 is 11.8 Å². The van der Waals surface area contributed by atoms with Crippen molar-refractivity contribution in [2.45, 2.75) is 18.2 Å². The summed E-state index contributed by atoms with van der Waals surface area (Å²) in [5, 5.41) is 4.56. The number of benzene rings is 1. The fourth-order valence-electron chi connectivity index (χ4n) is 1.47. The minimum atomic E-state index is -0.668. The van der Waals surface area contributed by atoms with E-state index < -0.39 is 24.5 Å². The monoisotopic (exact) mass is 310 g/mol. The van der Waals surface area contributed by atoms with Crippen LogP contribution in [-0.4, -0.2) is 37.3 Å². The molecule has 7 heteroatoms. The highest BCUT2D eigenvalue weighted by Crippen LogP contribution is 2.20. The maximum Gasteiger partial charge on any atom is 0.339 e. The fraction of sp³-hybridized carbons (Fsp3) is 0.357. The standard InChI is InChI=1S/C14H18N2O4S/c1-3-8-15-14(19)16-12(17)9-20-13(18)10-6-4-5-7-11(10)21-2/h4-7H,3,8-9H2,1-2H3,(H2,15,16,17,19). The van der Waals surface area contributed by atoms with Crippen LogP contribution in [0.5, 0.6) is 0 Å². The zero-order chi connectivity index (χ0) is 15.7. The molecule has 2 N–H and O–H groups in total. The Morgan fingerprint density at radius 1 is 1.24 bits per heavy atom. The number of hydrogen-bond acceptors (Lipinski definition) is 5. The second-order valence-corrected chi connectivity index (χ2v) is 4.93. The molecule has 0 saturated heterocycles. The Hall–Kier alpha value is -2.02. The Morgan fingerprint density at radius 2 is 1.95 bits per heavy atom. The van der Waals surface area contributed by atoms with Gasteiger partial charge in [0.15, 0.2) is 6.61 Å². The summed E-state index contributed by atoms with van der Waals surface area (Å²) in [4.78, 5) is 35.3. The van der Waals surface area contributed by atoms with Crippen molar-refractivity contribution in [1.29, 1.82) is 0 Å². The predicted octanol–water partition coefficient (Wildman–Crippen LogP) is 1.80. The van der Waals surface area contributed by atoms with E-state index in [2.05, 4.69) is 10.6 Å². The zero-order valence-electron chi connectivity index (χ0n) is 12.0. The number of imide groups is 1. The Bertz CT molecular complexity index is 519. The first-order chi connectivity index (χ1) is 10.1. The molecule has 0 aliphatic rings. The molecule has 0 saturated carbocycles. The zero-order valence-corrected chi connectivity index (χ0v) is 12.8. The lowest BCUT2D eigenvalue weighted by atomic mass is 10.2. The van der Waals surface area contributed by atoms with Crippen LogP contribution in [0.4, 0.5) is 4.79 Å². The predicted molar refractivity (Wildman–Crippen MR) is 80.3 cm³/mol. The Morgan fingerprint density at radius 3 is 2.62 bits per heavy atom. The highest BCUT2D eigenvalue weighted by Gasteiger charge is 2.14. The van der Waals surface area contributed by atoms with E-state index in [0.717, 1.165) is 11.3 Å². The molecule has 21 heavy (non-hydrogen) atoms. The number of thioether (sulfide) groups is 1. The molecule has 0 aliphatic carbocycles. The number of rotatable bonds is 6. The van der Waals surface area contributed by atoms with E-state index in [1.807, 2.05) is 19.2 Å². The van der Waals surface area contributed by atoms with Crippen LogP contribution in [-0.2, 0) is 9.53 Å². The normalized spacial score (nSPS) is 9.81. The van der Waals surface area contributed by atoms with Crippen LogP contribution in [0.25, 0.3) is 0 Å². The van der Waals surface area contributed by atoms with Gasteiger partial charge in [0.1, 0.15) is 0 Å². The minimum Gasteiger partial charge on any atom is -0.452 e. The molecule has 1 rings (SSSR count). The summed E-state index contributed by atoms with van der Waals surface area (Å²) in [6, 6.07) is 6.35. The Labute approximate surface area is 127 Å². The van der Waals surface area contributed by atoms with Crippen LogP contribution in [0.3, 0.4) is 0 Å². The SMILES string of the molecule is CCCNC(=O)NC(=O)COC(=O)c1ccccc1SC. The van der Waals surface area contributed by atoms with E-state index in [1.165, 1.54) is 11.8 Å². The number of amides is 3. The molecule has 0 heterocycles. The third-order valence-corrected chi connectivity index (χ3v) is 3.25. The minimum absolute atomic E-state index is 0.397. The highest BCUT2D eigenvalue weighted by atomic mass is 32.2. The van der Waals surface area contributed by atoms with E-state index in [-0.39, 0.29) is 0 Å². The number of urea groups is 1. The van der Waals surface area contributed by atoms with Gasteiger partial charge < -0.3 is 10.1 Å². The van der Waals surface area contributed by atoms with Crippen LogP contribution in [0.15, 0.2) is 29.2 Å². The van der Waals surface area contributed by atoms with Gasteiger partial charge in [-0.2, -0.15) is 0 Å². The van der Waals surface area contributed by atoms with Gasteiger partial charge in [0.05, 0.1) is 5.56 Å². The molecular formula is C14H18N2O4S. The molecule has 1 aromatic carbocycles. The first kappa shape index (κ1) is 17.0. The summed E-state index contributed by atoms with van der Waals surface area (Å²) in [6.07, 6.45) is 2.61. The van der Waals surface area contributed by atoms with Gasteiger partial charge in [-0.25, -0.2) is 9.59 Å². The van der Waals surface area contributed by atoms with Crippen molar-refractivity contribution in [3.8, 4) is 0 Å². The molecule has 0 fully saturated rings. The highest BCUT2D eigenvalue weighted by molar-refractivity contribution is 7.98. The second-order valence-electron chi connectivity index (χ2n) is 4.08. The van der Waals surface area contributed by atoms with E-state index in [4.69, 9.17) is 4.74 Å². The molecule has 3 amide bonds. The molecular weight excluding hydrogens is 292 g/mol. The second kappa shape index (κ2) is 9.02. The summed E-state index contributed by atoms with van der Waals surface area (Å²) in [5.74, 6) is -1.26. The number of ether oxygens (including phenoxy) is 1. The van der Waals surface area contributed by atoms with Gasteiger partial charge >= 0.3 is 12.0 Å². The quantitative estimate of drug-likeness (QED) is 0.618. The number of carbonyl (C=O) groups excluding carboxylic acids is 3. The molecule has 0 radical (unpaired) electrons. The molecule has 0 bridgehead atoms. The number of carbonyl (C=O) groups is 3. The lowest BCUT2D eigenvalue weighted by Gasteiger charge is -2.08. The lowest BCUT2D eigenvalue weighted by Crippen LogP contribution is -2.41. The number of esters is 1. The molecule has 114 valence electrons. The summed E-state index contributed by atoms with van der Waals surface area (Å²) in [6.45, 7) is 1.87. The van der Waals surface area contributed by atoms with Gasteiger partial charge in [0, 0.05) is 11.4 Å². The Kier molecular flexibility index (Phi) is 7.31. The van der Waals surface area contributed by atoms with Gasteiger partial charge in [-0.3, -0.25) is 10.1 Å². The van der Waals surface area contributed by atoms with Crippen molar-refractivity contribution in [1.82, 2.24) is 10.6 Å². The molecule has 0 atom stereocenters. The van der Waals surface area contributed by atoms with Crippen molar-refractivity contribution in [3.63, 3.8) is 0 Å². The number of hydrogen-bond donors (Lipinski definition) is 2. The van der Waals surface area contributed by atoms with Gasteiger partial charge in [-0.05, 0) is 24.8 Å². The van der Waals surface area contributed by atoms with Gasteiger partial charge in [-0.1, -0.05) is 19.1 Å². The van der Waals surface area contributed by atoms with Crippen molar-refractivity contribution in [3.05, 3.63) is 29.8 Å². The number of nitrogens with one attached hydrogen (secondary N) is 2. The van der Waals surface area contributed by atoms with E-state index in [0.29, 0.717) is 12.1 Å². The lowest BCUT2D eigenvalue weighted by molar-refractivity contribution is -0.123. The first-order valence-electron chi connectivity index (χ1n) is 6.46. The van der Waals surface area contributed by atoms with Crippen LogP contribution in [0.2, 0.25) is 0 Å². The van der Waals surface area contributed by atoms with Gasteiger partial charge in [0.2, 0.25) is 0 Å².